The third-order valence-corrected chi connectivity index (χ3v) is 3.98. The van der Waals surface area contributed by atoms with Crippen molar-refractivity contribution in [1.29, 1.82) is 0 Å². The van der Waals surface area contributed by atoms with Gasteiger partial charge in [0.25, 0.3) is 0 Å². The van der Waals surface area contributed by atoms with Crippen LogP contribution in [0.2, 0.25) is 0 Å². The molecule has 0 aliphatic heterocycles. The third-order valence-electron chi connectivity index (χ3n) is 3.98. The quantitative estimate of drug-likeness (QED) is 0.538. The number of urea groups is 1. The van der Waals surface area contributed by atoms with E-state index < -0.39 is 11.0 Å². The number of benzene rings is 3. The van der Waals surface area contributed by atoms with Gasteiger partial charge in [-0.1, -0.05) is 54.6 Å². The Bertz CT molecular complexity index is 926. The van der Waals surface area contributed by atoms with Gasteiger partial charge in [0.05, 0.1) is 16.4 Å². The summed E-state index contributed by atoms with van der Waals surface area (Å²) in [4.78, 5) is 23.3. The van der Waals surface area contributed by atoms with Gasteiger partial charge in [-0.2, -0.15) is 0 Å². The van der Waals surface area contributed by atoms with Crippen LogP contribution in [0.15, 0.2) is 66.7 Å². The number of amides is 2. The number of rotatable bonds is 4. The average Bonchev–Trinajstić information content (AvgIpc) is 2.61. The van der Waals surface area contributed by atoms with Gasteiger partial charge >= 0.3 is 11.7 Å². The Labute approximate surface area is 144 Å². The summed E-state index contributed by atoms with van der Waals surface area (Å²) < 4.78 is 0. The molecular formula is C19H17N3O3. The Balaban J connectivity index is 1.84. The molecule has 2 N–H and O–H groups in total. The van der Waals surface area contributed by atoms with Crippen molar-refractivity contribution in [3.05, 3.63) is 82.4 Å². The summed E-state index contributed by atoms with van der Waals surface area (Å²) in [6, 6.07) is 19.1. The number of carbonyl (C=O) groups excluding carboxylic acids is 1. The Morgan fingerprint density at radius 2 is 1.68 bits per heavy atom. The summed E-state index contributed by atoms with van der Waals surface area (Å²) in [6.07, 6.45) is 0. The molecule has 3 aromatic carbocycles. The molecule has 0 aliphatic rings. The highest BCUT2D eigenvalue weighted by Crippen LogP contribution is 2.33. The molecule has 1 unspecified atom stereocenters. The van der Waals surface area contributed by atoms with E-state index in [0.29, 0.717) is 5.39 Å². The van der Waals surface area contributed by atoms with Gasteiger partial charge in [0, 0.05) is 0 Å². The number of nitrogens with zero attached hydrogens (tertiary/aromatic N) is 1. The molecular weight excluding hydrogens is 318 g/mol. The fraction of sp³-hybridized carbons (Fsp3) is 0.105. The maximum atomic E-state index is 12.3. The molecule has 0 aliphatic carbocycles. The molecule has 2 amide bonds. The molecule has 0 aromatic heterocycles. The highest BCUT2D eigenvalue weighted by molar-refractivity contribution is 6.01. The summed E-state index contributed by atoms with van der Waals surface area (Å²) in [6.45, 7) is 1.85. The number of fused-ring (bicyclic) bond motifs is 1. The Kier molecular flexibility index (Phi) is 4.61. The number of hydrogen-bond acceptors (Lipinski definition) is 3. The summed E-state index contributed by atoms with van der Waals surface area (Å²) in [5.41, 5.74) is 1.01. The summed E-state index contributed by atoms with van der Waals surface area (Å²) >= 11 is 0. The van der Waals surface area contributed by atoms with Crippen molar-refractivity contribution in [3.63, 3.8) is 0 Å². The largest absolute Gasteiger partial charge is 0.331 e. The highest BCUT2D eigenvalue weighted by Gasteiger charge is 2.20. The molecule has 0 fully saturated rings. The summed E-state index contributed by atoms with van der Waals surface area (Å²) in [5.74, 6) is 0. The first kappa shape index (κ1) is 16.4. The van der Waals surface area contributed by atoms with Crippen molar-refractivity contribution in [2.75, 3.05) is 5.32 Å². The fourth-order valence-corrected chi connectivity index (χ4v) is 2.73. The maximum absolute atomic E-state index is 12.3. The second-order valence-electron chi connectivity index (χ2n) is 5.67. The fourth-order valence-electron chi connectivity index (χ4n) is 2.73. The van der Waals surface area contributed by atoms with Crippen molar-refractivity contribution < 1.29 is 9.72 Å². The van der Waals surface area contributed by atoms with Gasteiger partial charge in [0.2, 0.25) is 0 Å². The van der Waals surface area contributed by atoms with Crippen molar-refractivity contribution in [2.45, 2.75) is 13.0 Å². The molecule has 6 nitrogen and oxygen atoms in total. The second-order valence-corrected chi connectivity index (χ2v) is 5.67. The number of hydrogen-bond donors (Lipinski definition) is 2. The molecule has 3 aromatic rings. The van der Waals surface area contributed by atoms with Crippen LogP contribution in [0.5, 0.6) is 0 Å². The lowest BCUT2D eigenvalue weighted by atomic mass is 10.1. The van der Waals surface area contributed by atoms with E-state index in [9.17, 15) is 14.9 Å². The summed E-state index contributed by atoms with van der Waals surface area (Å²) in [7, 11) is 0. The van der Waals surface area contributed by atoms with E-state index in [0.717, 1.165) is 10.9 Å². The van der Waals surface area contributed by atoms with Crippen LogP contribution in [-0.2, 0) is 0 Å². The molecule has 126 valence electrons. The molecule has 3 rings (SSSR count). The zero-order valence-electron chi connectivity index (χ0n) is 13.6. The van der Waals surface area contributed by atoms with E-state index >= 15 is 0 Å². The number of nitrogens with one attached hydrogen (secondary N) is 2. The second kappa shape index (κ2) is 7.00. The third kappa shape index (κ3) is 3.58. The predicted molar refractivity (Wildman–Crippen MR) is 97.6 cm³/mol. The molecule has 0 saturated heterocycles. The predicted octanol–water partition coefficient (Wildman–Crippen LogP) is 4.63. The maximum Gasteiger partial charge on any atom is 0.319 e. The van der Waals surface area contributed by atoms with Crippen LogP contribution >= 0.6 is 0 Å². The average molecular weight is 335 g/mol. The van der Waals surface area contributed by atoms with Crippen LogP contribution in [0.3, 0.4) is 0 Å². The smallest absolute Gasteiger partial charge is 0.319 e. The molecule has 1 atom stereocenters. The summed E-state index contributed by atoms with van der Waals surface area (Å²) in [5, 5.41) is 18.1. The first-order chi connectivity index (χ1) is 12.1. The lowest BCUT2D eigenvalue weighted by Gasteiger charge is -2.15. The van der Waals surface area contributed by atoms with E-state index in [4.69, 9.17) is 0 Å². The minimum absolute atomic E-state index is 0.111. The number of anilines is 1. The van der Waals surface area contributed by atoms with E-state index in [2.05, 4.69) is 10.6 Å². The Morgan fingerprint density at radius 3 is 2.40 bits per heavy atom. The van der Waals surface area contributed by atoms with Crippen LogP contribution in [-0.4, -0.2) is 11.0 Å². The normalized spacial score (nSPS) is 11.7. The SMILES string of the molecule is CC(NC(=O)Nc1ccc2ccccc2c1[N+](=O)[O-])c1ccccc1. The number of carbonyl (C=O) groups is 1. The van der Waals surface area contributed by atoms with E-state index in [1.165, 1.54) is 0 Å². The van der Waals surface area contributed by atoms with Crippen molar-refractivity contribution in [1.82, 2.24) is 5.32 Å². The zero-order valence-corrected chi connectivity index (χ0v) is 13.6. The topological polar surface area (TPSA) is 84.3 Å². The first-order valence-corrected chi connectivity index (χ1v) is 7.85. The standard InChI is InChI=1S/C19H17N3O3/c1-13(14-7-3-2-4-8-14)20-19(23)21-17-12-11-15-9-5-6-10-16(15)18(17)22(24)25/h2-13H,1H3,(H2,20,21,23). The van der Waals surface area contributed by atoms with Gasteiger partial charge in [0.1, 0.15) is 5.69 Å². The highest BCUT2D eigenvalue weighted by atomic mass is 16.6. The number of nitro groups is 1. The van der Waals surface area contributed by atoms with Gasteiger partial charge in [-0.3, -0.25) is 10.1 Å². The van der Waals surface area contributed by atoms with Crippen molar-refractivity contribution in [2.24, 2.45) is 0 Å². The van der Waals surface area contributed by atoms with Gasteiger partial charge < -0.3 is 10.6 Å². The van der Waals surface area contributed by atoms with Gasteiger partial charge in [-0.05, 0) is 30.0 Å². The van der Waals surface area contributed by atoms with Gasteiger partial charge in [-0.15, -0.1) is 0 Å². The molecule has 0 radical (unpaired) electrons. The van der Waals surface area contributed by atoms with Crippen LogP contribution in [0.4, 0.5) is 16.2 Å². The van der Waals surface area contributed by atoms with Crippen LogP contribution in [0.1, 0.15) is 18.5 Å². The van der Waals surface area contributed by atoms with Crippen molar-refractivity contribution in [3.8, 4) is 0 Å². The lowest BCUT2D eigenvalue weighted by molar-refractivity contribution is -0.382. The van der Waals surface area contributed by atoms with Crippen LogP contribution < -0.4 is 10.6 Å². The van der Waals surface area contributed by atoms with E-state index in [-0.39, 0.29) is 17.4 Å². The minimum atomic E-state index is -0.491. The van der Waals surface area contributed by atoms with Gasteiger partial charge in [-0.25, -0.2) is 4.79 Å². The molecule has 0 heterocycles. The van der Waals surface area contributed by atoms with Crippen LogP contribution in [0.25, 0.3) is 10.8 Å². The monoisotopic (exact) mass is 335 g/mol. The molecule has 25 heavy (non-hydrogen) atoms. The molecule has 0 bridgehead atoms. The van der Waals surface area contributed by atoms with Crippen LogP contribution in [0, 0.1) is 10.1 Å². The Hall–Kier alpha value is -3.41. The Morgan fingerprint density at radius 1 is 1.00 bits per heavy atom. The first-order valence-electron chi connectivity index (χ1n) is 7.85. The molecule has 0 saturated carbocycles. The lowest BCUT2D eigenvalue weighted by Crippen LogP contribution is -2.31. The van der Waals surface area contributed by atoms with E-state index in [1.54, 1.807) is 30.3 Å². The molecule has 0 spiro atoms. The number of nitro benzene ring substituents is 1. The molecule has 6 heteroatoms. The van der Waals surface area contributed by atoms with E-state index in [1.807, 2.05) is 43.3 Å². The minimum Gasteiger partial charge on any atom is -0.331 e. The zero-order chi connectivity index (χ0) is 17.8. The van der Waals surface area contributed by atoms with Gasteiger partial charge in [0.15, 0.2) is 0 Å². The van der Waals surface area contributed by atoms with Crippen molar-refractivity contribution >= 4 is 28.2 Å².